The molecule has 0 aromatic carbocycles. The van der Waals surface area contributed by atoms with Gasteiger partial charge in [0.05, 0.1) is 25.6 Å². The van der Waals surface area contributed by atoms with Gasteiger partial charge in [-0.25, -0.2) is 9.97 Å². The number of hydrogen-bond donors (Lipinski definition) is 1. The quantitative estimate of drug-likeness (QED) is 0.755. The van der Waals surface area contributed by atoms with Gasteiger partial charge in [-0.1, -0.05) is 30.4 Å². The fourth-order valence-electron chi connectivity index (χ4n) is 4.10. The van der Waals surface area contributed by atoms with Crippen LogP contribution in [0.4, 0.5) is 5.82 Å². The summed E-state index contributed by atoms with van der Waals surface area (Å²) in [5, 5.41) is 2.94. The number of allylic oxidation sites excluding steroid dienone is 4. The van der Waals surface area contributed by atoms with Crippen LogP contribution in [0.1, 0.15) is 24.4 Å². The molecule has 2 aliphatic carbocycles. The zero-order valence-corrected chi connectivity index (χ0v) is 17.5. The maximum Gasteiger partial charge on any atom is 0.229 e. The zero-order valence-electron chi connectivity index (χ0n) is 17.5. The molecule has 30 heavy (non-hydrogen) atoms. The minimum atomic E-state index is -0.262. The summed E-state index contributed by atoms with van der Waals surface area (Å²) < 4.78 is 11.3. The van der Waals surface area contributed by atoms with Gasteiger partial charge < -0.3 is 14.8 Å². The molecule has 4 rings (SSSR count). The molecule has 0 radical (unpaired) electrons. The molecule has 2 aromatic rings. The Kier molecular flexibility index (Phi) is 5.53. The minimum absolute atomic E-state index is 0.0424. The van der Waals surface area contributed by atoms with E-state index in [4.69, 9.17) is 9.47 Å². The zero-order chi connectivity index (χ0) is 21.1. The van der Waals surface area contributed by atoms with E-state index in [1.165, 1.54) is 0 Å². The number of carbonyl (C=O) groups excluding carboxylic acids is 1. The standard InChI is InChI=1S/C23H26N4O3/c1-15-19(13-24-16(2)25-15)30-14-23(17-8-5-4-6-9-17)12-18(23)22(28)27-20-10-7-11-21(26-20)29-3/h4-8,10-11,13,17-18H,9,12,14H2,1-3H3,(H,26,27,28)/t17?,18-,23+/m0/s1. The van der Waals surface area contributed by atoms with Crippen molar-refractivity contribution in [1.82, 2.24) is 15.0 Å². The van der Waals surface area contributed by atoms with Gasteiger partial charge in [0.2, 0.25) is 11.8 Å². The average molecular weight is 406 g/mol. The first kappa shape index (κ1) is 20.1. The van der Waals surface area contributed by atoms with Gasteiger partial charge in [-0.3, -0.25) is 4.79 Å². The molecule has 0 spiro atoms. The second kappa shape index (κ2) is 8.26. The fourth-order valence-corrected chi connectivity index (χ4v) is 4.10. The number of aryl methyl sites for hydroxylation is 2. The lowest BCUT2D eigenvalue weighted by molar-refractivity contribution is -0.118. The number of anilines is 1. The number of ether oxygens (including phenoxy) is 2. The Morgan fingerprint density at radius 3 is 2.87 bits per heavy atom. The van der Waals surface area contributed by atoms with Crippen molar-refractivity contribution in [2.45, 2.75) is 26.7 Å². The van der Waals surface area contributed by atoms with Gasteiger partial charge in [-0.05, 0) is 38.7 Å². The second-order valence-electron chi connectivity index (χ2n) is 7.86. The smallest absolute Gasteiger partial charge is 0.229 e. The molecule has 7 nitrogen and oxygen atoms in total. The highest BCUT2D eigenvalue weighted by Gasteiger charge is 2.62. The van der Waals surface area contributed by atoms with Crippen molar-refractivity contribution in [2.24, 2.45) is 17.3 Å². The molecule has 0 saturated heterocycles. The molecule has 2 heterocycles. The molecule has 1 fully saturated rings. The summed E-state index contributed by atoms with van der Waals surface area (Å²) in [6.45, 7) is 4.20. The maximum atomic E-state index is 13.0. The highest BCUT2D eigenvalue weighted by molar-refractivity contribution is 5.94. The average Bonchev–Trinajstić information content (AvgIpc) is 3.50. The Hall–Kier alpha value is -3.22. The van der Waals surface area contributed by atoms with Crippen LogP contribution in [0.3, 0.4) is 0 Å². The number of amides is 1. The molecular weight excluding hydrogens is 380 g/mol. The lowest BCUT2D eigenvalue weighted by Gasteiger charge is -2.26. The van der Waals surface area contributed by atoms with Crippen LogP contribution < -0.4 is 14.8 Å². The van der Waals surface area contributed by atoms with E-state index in [0.717, 1.165) is 18.5 Å². The Bertz CT molecular complexity index is 1000. The summed E-state index contributed by atoms with van der Waals surface area (Å²) >= 11 is 0. The third kappa shape index (κ3) is 4.06. The van der Waals surface area contributed by atoms with E-state index in [1.807, 2.05) is 26.0 Å². The minimum Gasteiger partial charge on any atom is -0.489 e. The van der Waals surface area contributed by atoms with Crippen molar-refractivity contribution >= 4 is 11.7 Å². The summed E-state index contributed by atoms with van der Waals surface area (Å²) in [6, 6.07) is 5.31. The van der Waals surface area contributed by atoms with Crippen LogP contribution >= 0.6 is 0 Å². The van der Waals surface area contributed by atoms with Crippen LogP contribution in [0.25, 0.3) is 0 Å². The van der Waals surface area contributed by atoms with Gasteiger partial charge in [0.15, 0.2) is 5.75 Å². The Balaban J connectivity index is 1.50. The van der Waals surface area contributed by atoms with Gasteiger partial charge in [0.1, 0.15) is 11.6 Å². The molecule has 1 unspecified atom stereocenters. The number of carbonyl (C=O) groups is 1. The van der Waals surface area contributed by atoms with E-state index in [2.05, 4.69) is 32.4 Å². The van der Waals surface area contributed by atoms with Gasteiger partial charge in [0.25, 0.3) is 0 Å². The van der Waals surface area contributed by atoms with Gasteiger partial charge in [0, 0.05) is 17.4 Å². The van der Waals surface area contributed by atoms with Crippen molar-refractivity contribution in [3.05, 3.63) is 60.2 Å². The maximum absolute atomic E-state index is 13.0. The number of rotatable bonds is 7. The summed E-state index contributed by atoms with van der Waals surface area (Å²) in [4.78, 5) is 25.9. The number of nitrogens with zero attached hydrogens (tertiary/aromatic N) is 3. The lowest BCUT2D eigenvalue weighted by Crippen LogP contribution is -2.29. The third-order valence-electron chi connectivity index (χ3n) is 5.89. The van der Waals surface area contributed by atoms with Crippen molar-refractivity contribution in [3.8, 4) is 11.6 Å². The second-order valence-corrected chi connectivity index (χ2v) is 7.86. The summed E-state index contributed by atoms with van der Waals surface area (Å²) in [5.74, 6) is 2.37. The number of hydrogen-bond acceptors (Lipinski definition) is 6. The van der Waals surface area contributed by atoms with Crippen molar-refractivity contribution in [1.29, 1.82) is 0 Å². The van der Waals surface area contributed by atoms with Gasteiger partial charge in [-0.15, -0.1) is 0 Å². The normalized spacial score (nSPS) is 24.4. The molecule has 1 N–H and O–H groups in total. The fraction of sp³-hybridized carbons (Fsp3) is 0.391. The Labute approximate surface area is 176 Å². The first-order valence-electron chi connectivity index (χ1n) is 10.1. The van der Waals surface area contributed by atoms with E-state index in [0.29, 0.717) is 29.9 Å². The first-order chi connectivity index (χ1) is 14.5. The molecule has 1 amide bonds. The van der Waals surface area contributed by atoms with Gasteiger partial charge >= 0.3 is 0 Å². The SMILES string of the molecule is COc1cccc(NC(=O)[C@@H]2C[C@@]2(COc2cnc(C)nc2C)C2C=CC=CC2)n1. The molecule has 156 valence electrons. The molecule has 0 bridgehead atoms. The molecule has 2 aromatic heterocycles. The van der Waals surface area contributed by atoms with Crippen LogP contribution in [0.15, 0.2) is 48.7 Å². The highest BCUT2D eigenvalue weighted by atomic mass is 16.5. The van der Waals surface area contributed by atoms with E-state index in [-0.39, 0.29) is 23.2 Å². The molecule has 3 atom stereocenters. The Morgan fingerprint density at radius 2 is 2.13 bits per heavy atom. The largest absolute Gasteiger partial charge is 0.489 e. The molecule has 1 saturated carbocycles. The van der Waals surface area contributed by atoms with Crippen LogP contribution in [-0.4, -0.2) is 34.6 Å². The van der Waals surface area contributed by atoms with Crippen LogP contribution in [0, 0.1) is 31.1 Å². The number of pyridine rings is 1. The van der Waals surface area contributed by atoms with E-state index >= 15 is 0 Å². The molecule has 7 heteroatoms. The summed E-state index contributed by atoms with van der Waals surface area (Å²) in [5.41, 5.74) is 0.542. The van der Waals surface area contributed by atoms with Crippen LogP contribution in [-0.2, 0) is 4.79 Å². The van der Waals surface area contributed by atoms with E-state index in [1.54, 1.807) is 31.5 Å². The van der Waals surface area contributed by atoms with Crippen molar-refractivity contribution in [2.75, 3.05) is 19.0 Å². The highest BCUT2D eigenvalue weighted by Crippen LogP contribution is 2.60. The van der Waals surface area contributed by atoms with Crippen LogP contribution in [0.2, 0.25) is 0 Å². The summed E-state index contributed by atoms with van der Waals surface area (Å²) in [6.07, 6.45) is 11.8. The number of methoxy groups -OCH3 is 1. The van der Waals surface area contributed by atoms with Crippen LogP contribution in [0.5, 0.6) is 11.6 Å². The predicted octanol–water partition coefficient (Wildman–Crippen LogP) is 3.65. The van der Waals surface area contributed by atoms with Crippen molar-refractivity contribution in [3.63, 3.8) is 0 Å². The number of aromatic nitrogens is 3. The first-order valence-corrected chi connectivity index (χ1v) is 10.1. The molecule has 0 aliphatic heterocycles. The topological polar surface area (TPSA) is 86.2 Å². The predicted molar refractivity (Wildman–Crippen MR) is 113 cm³/mol. The lowest BCUT2D eigenvalue weighted by atomic mass is 9.82. The summed E-state index contributed by atoms with van der Waals surface area (Å²) in [7, 11) is 1.55. The molecule has 2 aliphatic rings. The number of nitrogens with one attached hydrogen (secondary N) is 1. The molecular formula is C23H26N4O3. The van der Waals surface area contributed by atoms with E-state index < -0.39 is 0 Å². The monoisotopic (exact) mass is 406 g/mol. The third-order valence-corrected chi connectivity index (χ3v) is 5.89. The van der Waals surface area contributed by atoms with Gasteiger partial charge in [-0.2, -0.15) is 4.98 Å². The van der Waals surface area contributed by atoms with Crippen molar-refractivity contribution < 1.29 is 14.3 Å². The van der Waals surface area contributed by atoms with E-state index in [9.17, 15) is 4.79 Å². The Morgan fingerprint density at radius 1 is 1.27 bits per heavy atom.